The van der Waals surface area contributed by atoms with Gasteiger partial charge in [0, 0.05) is 0 Å². The number of aliphatic hydroxyl groups is 1. The first-order valence-electron chi connectivity index (χ1n) is 7.69. The molecule has 2 heterocycles. The Morgan fingerprint density at radius 1 is 1.09 bits per heavy atom. The monoisotopic (exact) mass is 308 g/mol. The van der Waals surface area contributed by atoms with E-state index in [2.05, 4.69) is 0 Å². The van der Waals surface area contributed by atoms with Gasteiger partial charge in [-0.3, -0.25) is 0 Å². The fourth-order valence-corrected chi connectivity index (χ4v) is 2.91. The molecule has 2 aliphatic heterocycles. The Kier molecular flexibility index (Phi) is 4.27. The lowest BCUT2D eigenvalue weighted by Crippen LogP contribution is -2.36. The molecule has 0 saturated carbocycles. The van der Waals surface area contributed by atoms with E-state index in [0.29, 0.717) is 13.2 Å². The van der Waals surface area contributed by atoms with Crippen LogP contribution in [0.3, 0.4) is 0 Å². The predicted molar refractivity (Wildman–Crippen MR) is 80.3 cm³/mol. The van der Waals surface area contributed by atoms with Crippen molar-refractivity contribution in [2.45, 2.75) is 57.1 Å². The zero-order valence-corrected chi connectivity index (χ0v) is 13.3. The molecule has 2 saturated heterocycles. The third-order valence-corrected chi connectivity index (χ3v) is 4.17. The Balaban J connectivity index is 1.56. The molecular formula is C17H24O5. The SMILES string of the molecule is CC1(C)O[C@@H]([C@@H]2O[C@@]2(C)CO)[C@H](COCc2ccccc2)O1. The Morgan fingerprint density at radius 3 is 2.45 bits per heavy atom. The molecule has 22 heavy (non-hydrogen) atoms. The van der Waals surface area contributed by atoms with Crippen molar-refractivity contribution in [1.29, 1.82) is 0 Å². The summed E-state index contributed by atoms with van der Waals surface area (Å²) in [6.07, 6.45) is -0.565. The molecule has 3 rings (SSSR count). The summed E-state index contributed by atoms with van der Waals surface area (Å²) in [6.45, 7) is 6.61. The van der Waals surface area contributed by atoms with Crippen molar-refractivity contribution in [3.8, 4) is 0 Å². The Labute approximate surface area is 131 Å². The van der Waals surface area contributed by atoms with Gasteiger partial charge in [-0.25, -0.2) is 0 Å². The molecule has 0 unspecified atom stereocenters. The lowest BCUT2D eigenvalue weighted by Gasteiger charge is -2.16. The van der Waals surface area contributed by atoms with Crippen molar-refractivity contribution in [2.75, 3.05) is 13.2 Å². The first-order valence-corrected chi connectivity index (χ1v) is 7.69. The van der Waals surface area contributed by atoms with Gasteiger partial charge in [-0.2, -0.15) is 0 Å². The molecule has 0 aromatic heterocycles. The molecular weight excluding hydrogens is 284 g/mol. The third-order valence-electron chi connectivity index (χ3n) is 4.17. The van der Waals surface area contributed by atoms with Crippen LogP contribution >= 0.6 is 0 Å². The molecule has 122 valence electrons. The van der Waals surface area contributed by atoms with E-state index in [4.69, 9.17) is 18.9 Å². The van der Waals surface area contributed by atoms with Crippen LogP contribution in [0.4, 0.5) is 0 Å². The van der Waals surface area contributed by atoms with Crippen LogP contribution in [-0.4, -0.2) is 48.0 Å². The summed E-state index contributed by atoms with van der Waals surface area (Å²) in [7, 11) is 0. The van der Waals surface area contributed by atoms with Gasteiger partial charge in [0.25, 0.3) is 0 Å². The van der Waals surface area contributed by atoms with Gasteiger partial charge in [-0.1, -0.05) is 30.3 Å². The number of benzene rings is 1. The van der Waals surface area contributed by atoms with Crippen molar-refractivity contribution in [3.05, 3.63) is 35.9 Å². The van der Waals surface area contributed by atoms with E-state index in [0.717, 1.165) is 5.56 Å². The number of hydrogen-bond donors (Lipinski definition) is 1. The molecule has 1 N–H and O–H groups in total. The van der Waals surface area contributed by atoms with E-state index in [1.54, 1.807) is 0 Å². The van der Waals surface area contributed by atoms with Crippen LogP contribution < -0.4 is 0 Å². The highest BCUT2D eigenvalue weighted by Gasteiger charge is 2.62. The van der Waals surface area contributed by atoms with Gasteiger partial charge in [-0.05, 0) is 26.3 Å². The van der Waals surface area contributed by atoms with Crippen molar-refractivity contribution in [2.24, 2.45) is 0 Å². The van der Waals surface area contributed by atoms with Crippen LogP contribution in [0, 0.1) is 0 Å². The zero-order valence-electron chi connectivity index (χ0n) is 13.3. The Morgan fingerprint density at radius 2 is 1.82 bits per heavy atom. The second kappa shape index (κ2) is 5.91. The molecule has 0 bridgehead atoms. The number of aliphatic hydroxyl groups excluding tert-OH is 1. The Bertz CT molecular complexity index is 503. The summed E-state index contributed by atoms with van der Waals surface area (Å²) < 4.78 is 23.3. The second-order valence-corrected chi connectivity index (χ2v) is 6.65. The molecule has 0 amide bonds. The fraction of sp³-hybridized carbons (Fsp3) is 0.647. The molecule has 0 aliphatic carbocycles. The number of hydrogen-bond acceptors (Lipinski definition) is 5. The summed E-state index contributed by atoms with van der Waals surface area (Å²) in [5.74, 6) is -0.659. The number of epoxide rings is 1. The van der Waals surface area contributed by atoms with Crippen molar-refractivity contribution in [3.63, 3.8) is 0 Å². The summed E-state index contributed by atoms with van der Waals surface area (Å²) in [6, 6.07) is 10.0. The van der Waals surface area contributed by atoms with Gasteiger partial charge >= 0.3 is 0 Å². The third kappa shape index (κ3) is 3.34. The highest BCUT2D eigenvalue weighted by molar-refractivity contribution is 5.13. The standard InChI is InChI=1S/C17H24O5/c1-16(2)20-13(10-19-9-12-7-5-4-6-8-12)14(21-16)15-17(3,11-18)22-15/h4-8,13-15,18H,9-11H2,1-3H3/t13-,14+,15-,17-/m0/s1. The molecule has 2 fully saturated rings. The van der Waals surface area contributed by atoms with E-state index in [-0.39, 0.29) is 24.9 Å². The maximum absolute atomic E-state index is 9.38. The normalized spacial score (nSPS) is 36.5. The van der Waals surface area contributed by atoms with Gasteiger partial charge in [0.1, 0.15) is 23.9 Å². The van der Waals surface area contributed by atoms with E-state index < -0.39 is 11.4 Å². The van der Waals surface area contributed by atoms with Crippen LogP contribution in [0.2, 0.25) is 0 Å². The molecule has 1 aromatic rings. The molecule has 0 radical (unpaired) electrons. The minimum absolute atomic E-state index is 0.0183. The predicted octanol–water partition coefficient (Wildman–Crippen LogP) is 1.87. The molecule has 5 nitrogen and oxygen atoms in total. The van der Waals surface area contributed by atoms with Gasteiger partial charge in [0.15, 0.2) is 5.79 Å². The lowest BCUT2D eigenvalue weighted by molar-refractivity contribution is -0.152. The maximum Gasteiger partial charge on any atom is 0.164 e. The quantitative estimate of drug-likeness (QED) is 0.813. The van der Waals surface area contributed by atoms with E-state index in [9.17, 15) is 5.11 Å². The molecule has 1 aromatic carbocycles. The minimum atomic E-state index is -0.659. The summed E-state index contributed by atoms with van der Waals surface area (Å²) in [5.41, 5.74) is 0.603. The van der Waals surface area contributed by atoms with Crippen LogP contribution in [0.15, 0.2) is 30.3 Å². The van der Waals surface area contributed by atoms with Crippen LogP contribution in [-0.2, 0) is 25.6 Å². The van der Waals surface area contributed by atoms with E-state index in [1.165, 1.54) is 0 Å². The van der Waals surface area contributed by atoms with Crippen molar-refractivity contribution < 1.29 is 24.1 Å². The first kappa shape index (κ1) is 15.9. The van der Waals surface area contributed by atoms with Crippen molar-refractivity contribution >= 4 is 0 Å². The largest absolute Gasteiger partial charge is 0.393 e. The Hall–Kier alpha value is -0.980. The smallest absolute Gasteiger partial charge is 0.164 e. The minimum Gasteiger partial charge on any atom is -0.393 e. The second-order valence-electron chi connectivity index (χ2n) is 6.65. The van der Waals surface area contributed by atoms with Crippen LogP contribution in [0.25, 0.3) is 0 Å². The maximum atomic E-state index is 9.38. The first-order chi connectivity index (χ1) is 10.4. The van der Waals surface area contributed by atoms with Gasteiger partial charge in [-0.15, -0.1) is 0 Å². The van der Waals surface area contributed by atoms with E-state index in [1.807, 2.05) is 51.1 Å². The highest BCUT2D eigenvalue weighted by Crippen LogP contribution is 2.45. The zero-order chi connectivity index (χ0) is 15.8. The average molecular weight is 308 g/mol. The molecule has 4 atom stereocenters. The number of rotatable bonds is 6. The van der Waals surface area contributed by atoms with E-state index >= 15 is 0 Å². The lowest BCUT2D eigenvalue weighted by atomic mass is 10.0. The molecule has 2 aliphatic rings. The van der Waals surface area contributed by atoms with Crippen LogP contribution in [0.1, 0.15) is 26.3 Å². The summed E-state index contributed by atoms with van der Waals surface area (Å²) in [5, 5.41) is 9.38. The van der Waals surface area contributed by atoms with Gasteiger partial charge in [0.05, 0.1) is 19.8 Å². The fourth-order valence-electron chi connectivity index (χ4n) is 2.91. The van der Waals surface area contributed by atoms with Crippen molar-refractivity contribution in [1.82, 2.24) is 0 Å². The molecule has 0 spiro atoms. The summed E-state index contributed by atoms with van der Waals surface area (Å²) in [4.78, 5) is 0. The van der Waals surface area contributed by atoms with Gasteiger partial charge < -0.3 is 24.1 Å². The van der Waals surface area contributed by atoms with Crippen LogP contribution in [0.5, 0.6) is 0 Å². The topological polar surface area (TPSA) is 60.5 Å². The molecule has 5 heteroatoms. The number of ether oxygens (including phenoxy) is 4. The van der Waals surface area contributed by atoms with Gasteiger partial charge in [0.2, 0.25) is 0 Å². The summed E-state index contributed by atoms with van der Waals surface area (Å²) >= 11 is 0. The average Bonchev–Trinajstić information content (AvgIpc) is 3.07. The highest BCUT2D eigenvalue weighted by atomic mass is 16.8.